The van der Waals surface area contributed by atoms with Gasteiger partial charge >= 0.3 is 0 Å². The number of aliphatic imine (C=N–C) groups is 1. The molecule has 3 heterocycles. The molecule has 6 heteroatoms. The number of hydrogen-bond acceptors (Lipinski definition) is 4. The van der Waals surface area contributed by atoms with E-state index in [-0.39, 0.29) is 12.1 Å². The van der Waals surface area contributed by atoms with Crippen LogP contribution in [0.3, 0.4) is 0 Å². The highest BCUT2D eigenvalue weighted by Crippen LogP contribution is 2.18. The topological polar surface area (TPSA) is 58.5 Å². The zero-order valence-electron chi connectivity index (χ0n) is 13.9. The Morgan fingerprint density at radius 2 is 2.38 bits per heavy atom. The van der Waals surface area contributed by atoms with Gasteiger partial charge in [-0.05, 0) is 43.3 Å². The van der Waals surface area contributed by atoms with Gasteiger partial charge in [0.1, 0.15) is 0 Å². The first-order chi connectivity index (χ1) is 11.8. The number of pyridine rings is 1. The fraction of sp³-hybridized carbons (Fsp3) is 0.444. The van der Waals surface area contributed by atoms with Crippen LogP contribution >= 0.6 is 11.3 Å². The Morgan fingerprint density at radius 3 is 3.08 bits per heavy atom. The molecule has 0 spiro atoms. The molecule has 2 unspecified atom stereocenters. The second kappa shape index (κ2) is 8.80. The first kappa shape index (κ1) is 16.9. The van der Waals surface area contributed by atoms with Crippen LogP contribution < -0.4 is 10.6 Å². The predicted octanol–water partition coefficient (Wildman–Crippen LogP) is 3.12. The SMILES string of the molecule is CC(NC(=NCc1ccccn1)NCC1CCCO1)c1cccs1. The number of rotatable bonds is 6. The molecule has 0 aromatic carbocycles. The Kier molecular flexibility index (Phi) is 6.20. The first-order valence-corrected chi connectivity index (χ1v) is 9.29. The van der Waals surface area contributed by atoms with Crippen LogP contribution in [0.15, 0.2) is 46.9 Å². The van der Waals surface area contributed by atoms with E-state index in [1.807, 2.05) is 18.2 Å². The van der Waals surface area contributed by atoms with E-state index in [2.05, 4.69) is 45.0 Å². The van der Waals surface area contributed by atoms with E-state index in [0.717, 1.165) is 37.6 Å². The summed E-state index contributed by atoms with van der Waals surface area (Å²) >= 11 is 1.75. The van der Waals surface area contributed by atoms with Gasteiger partial charge in [-0.2, -0.15) is 0 Å². The number of guanidine groups is 1. The Bertz CT molecular complexity index is 624. The standard InChI is InChI=1S/C18H24N4OS/c1-14(17-8-5-11-24-17)22-18(21-13-16-7-4-10-23-16)20-12-15-6-2-3-9-19-15/h2-3,5-6,8-9,11,14,16H,4,7,10,12-13H2,1H3,(H2,20,21,22). The number of hydrogen-bond donors (Lipinski definition) is 2. The van der Waals surface area contributed by atoms with Crippen molar-refractivity contribution in [3.8, 4) is 0 Å². The highest BCUT2D eigenvalue weighted by atomic mass is 32.1. The molecule has 0 amide bonds. The molecule has 1 saturated heterocycles. The Morgan fingerprint density at radius 1 is 1.42 bits per heavy atom. The average Bonchev–Trinajstić information content (AvgIpc) is 3.31. The summed E-state index contributed by atoms with van der Waals surface area (Å²) in [5.41, 5.74) is 0.958. The van der Waals surface area contributed by atoms with Crippen molar-refractivity contribution in [2.45, 2.75) is 38.5 Å². The molecule has 1 aliphatic heterocycles. The lowest BCUT2D eigenvalue weighted by Crippen LogP contribution is -2.42. The Hall–Kier alpha value is -1.92. The van der Waals surface area contributed by atoms with Crippen LogP contribution in [0, 0.1) is 0 Å². The van der Waals surface area contributed by atoms with Crippen molar-refractivity contribution in [1.29, 1.82) is 0 Å². The van der Waals surface area contributed by atoms with Crippen LogP contribution in [0.5, 0.6) is 0 Å². The molecular weight excluding hydrogens is 320 g/mol. The molecule has 1 fully saturated rings. The summed E-state index contributed by atoms with van der Waals surface area (Å²) in [5, 5.41) is 8.99. The summed E-state index contributed by atoms with van der Waals surface area (Å²) in [4.78, 5) is 10.3. The van der Waals surface area contributed by atoms with Crippen molar-refractivity contribution < 1.29 is 4.74 Å². The van der Waals surface area contributed by atoms with Gasteiger partial charge in [0.25, 0.3) is 0 Å². The van der Waals surface area contributed by atoms with Gasteiger partial charge in [0.2, 0.25) is 0 Å². The quantitative estimate of drug-likeness (QED) is 0.624. The molecule has 2 atom stereocenters. The molecule has 24 heavy (non-hydrogen) atoms. The summed E-state index contributed by atoms with van der Waals surface area (Å²) in [5.74, 6) is 0.803. The molecule has 0 bridgehead atoms. The normalized spacial score (nSPS) is 19.2. The number of aromatic nitrogens is 1. The minimum atomic E-state index is 0.212. The summed E-state index contributed by atoms with van der Waals surface area (Å²) in [6, 6.07) is 10.3. The third-order valence-electron chi connectivity index (χ3n) is 3.97. The van der Waals surface area contributed by atoms with Gasteiger partial charge in [0, 0.05) is 24.2 Å². The van der Waals surface area contributed by atoms with Gasteiger partial charge in [-0.25, -0.2) is 4.99 Å². The van der Waals surface area contributed by atoms with Crippen molar-refractivity contribution in [3.63, 3.8) is 0 Å². The number of nitrogens with one attached hydrogen (secondary N) is 2. The Labute approximate surface area is 147 Å². The zero-order valence-corrected chi connectivity index (χ0v) is 14.8. The molecule has 1 aliphatic rings. The van der Waals surface area contributed by atoms with E-state index in [4.69, 9.17) is 4.74 Å². The van der Waals surface area contributed by atoms with Crippen LogP contribution in [-0.4, -0.2) is 30.2 Å². The van der Waals surface area contributed by atoms with Crippen LogP contribution in [0.1, 0.15) is 36.4 Å². The largest absolute Gasteiger partial charge is 0.376 e. The first-order valence-electron chi connectivity index (χ1n) is 8.41. The van der Waals surface area contributed by atoms with E-state index >= 15 is 0 Å². The zero-order chi connectivity index (χ0) is 16.6. The summed E-state index contributed by atoms with van der Waals surface area (Å²) in [7, 11) is 0. The van der Waals surface area contributed by atoms with E-state index in [9.17, 15) is 0 Å². The van der Waals surface area contributed by atoms with Gasteiger partial charge in [-0.3, -0.25) is 4.98 Å². The molecule has 2 aromatic heterocycles. The third kappa shape index (κ3) is 5.04. The monoisotopic (exact) mass is 344 g/mol. The van der Waals surface area contributed by atoms with E-state index in [1.165, 1.54) is 4.88 Å². The van der Waals surface area contributed by atoms with Crippen LogP contribution in [0.25, 0.3) is 0 Å². The molecule has 0 saturated carbocycles. The highest BCUT2D eigenvalue weighted by Gasteiger charge is 2.16. The van der Waals surface area contributed by atoms with Crippen molar-refractivity contribution in [3.05, 3.63) is 52.5 Å². The maximum absolute atomic E-state index is 5.69. The maximum Gasteiger partial charge on any atom is 0.192 e. The Balaban J connectivity index is 1.62. The van der Waals surface area contributed by atoms with Crippen LogP contribution in [0.2, 0.25) is 0 Å². The highest BCUT2D eigenvalue weighted by molar-refractivity contribution is 7.10. The van der Waals surface area contributed by atoms with Crippen molar-refractivity contribution in [1.82, 2.24) is 15.6 Å². The van der Waals surface area contributed by atoms with Crippen molar-refractivity contribution in [2.24, 2.45) is 4.99 Å². The van der Waals surface area contributed by atoms with Crippen molar-refractivity contribution in [2.75, 3.05) is 13.2 Å². The molecule has 2 N–H and O–H groups in total. The second-order valence-corrected chi connectivity index (χ2v) is 6.86. The average molecular weight is 344 g/mol. The molecule has 0 radical (unpaired) electrons. The van der Waals surface area contributed by atoms with Gasteiger partial charge in [-0.15, -0.1) is 11.3 Å². The predicted molar refractivity (Wildman–Crippen MR) is 98.2 cm³/mol. The van der Waals surface area contributed by atoms with E-state index < -0.39 is 0 Å². The lowest BCUT2D eigenvalue weighted by molar-refractivity contribution is 0.113. The van der Waals surface area contributed by atoms with E-state index in [0.29, 0.717) is 6.54 Å². The summed E-state index contributed by atoms with van der Waals surface area (Å²) in [6.07, 6.45) is 4.34. The molecule has 5 nitrogen and oxygen atoms in total. The number of nitrogens with zero attached hydrogens (tertiary/aromatic N) is 2. The number of thiophene rings is 1. The minimum absolute atomic E-state index is 0.212. The lowest BCUT2D eigenvalue weighted by atomic mass is 10.2. The maximum atomic E-state index is 5.69. The van der Waals surface area contributed by atoms with Crippen LogP contribution in [0.4, 0.5) is 0 Å². The van der Waals surface area contributed by atoms with Gasteiger partial charge < -0.3 is 15.4 Å². The van der Waals surface area contributed by atoms with E-state index in [1.54, 1.807) is 17.5 Å². The van der Waals surface area contributed by atoms with Crippen LogP contribution in [-0.2, 0) is 11.3 Å². The lowest BCUT2D eigenvalue weighted by Gasteiger charge is -2.19. The van der Waals surface area contributed by atoms with Crippen molar-refractivity contribution >= 4 is 17.3 Å². The molecule has 0 aliphatic carbocycles. The third-order valence-corrected chi connectivity index (χ3v) is 5.02. The van der Waals surface area contributed by atoms with Gasteiger partial charge in [0.15, 0.2) is 5.96 Å². The number of ether oxygens (including phenoxy) is 1. The smallest absolute Gasteiger partial charge is 0.192 e. The molecule has 128 valence electrons. The minimum Gasteiger partial charge on any atom is -0.376 e. The molecular formula is C18H24N4OS. The summed E-state index contributed by atoms with van der Waals surface area (Å²) in [6.45, 7) is 4.35. The van der Waals surface area contributed by atoms with Gasteiger partial charge in [-0.1, -0.05) is 12.1 Å². The second-order valence-electron chi connectivity index (χ2n) is 5.88. The molecule has 2 aromatic rings. The fourth-order valence-electron chi connectivity index (χ4n) is 2.63. The molecule has 3 rings (SSSR count). The van der Waals surface area contributed by atoms with Gasteiger partial charge in [0.05, 0.1) is 24.4 Å². The fourth-order valence-corrected chi connectivity index (χ4v) is 3.37. The summed E-state index contributed by atoms with van der Waals surface area (Å²) < 4.78 is 5.69.